The fourth-order valence-corrected chi connectivity index (χ4v) is 2.05. The van der Waals surface area contributed by atoms with Crippen molar-refractivity contribution in [3.63, 3.8) is 0 Å². The summed E-state index contributed by atoms with van der Waals surface area (Å²) in [6.45, 7) is 23.1. The van der Waals surface area contributed by atoms with Crippen molar-refractivity contribution in [1.82, 2.24) is 0 Å². The molecular formula is C18H16CrO7. The third kappa shape index (κ3) is 18.6. The van der Waals surface area contributed by atoms with E-state index in [0.29, 0.717) is 18.9 Å². The molecule has 1 aliphatic rings. The van der Waals surface area contributed by atoms with E-state index in [1.54, 1.807) is 0 Å². The Morgan fingerprint density at radius 1 is 0.962 bits per heavy atom. The zero-order chi connectivity index (χ0) is 21.4. The minimum atomic E-state index is -0.423. The number of hydrogen-bond donors (Lipinski definition) is 1. The number of ether oxygens (including phenoxy) is 1. The summed E-state index contributed by atoms with van der Waals surface area (Å²) in [6, 6.07) is 9.71. The summed E-state index contributed by atoms with van der Waals surface area (Å²) in [6.07, 6.45) is 2.70. The summed E-state index contributed by atoms with van der Waals surface area (Å²) in [7, 11) is 0. The maximum atomic E-state index is 9.89. The van der Waals surface area contributed by atoms with Crippen LogP contribution >= 0.6 is 0 Å². The second kappa shape index (κ2) is 28.1. The molecule has 1 fully saturated rings. The second-order valence-corrected chi connectivity index (χ2v) is 4.79. The van der Waals surface area contributed by atoms with E-state index in [0.717, 1.165) is 10.1 Å². The van der Waals surface area contributed by atoms with Crippen LogP contribution in [0.15, 0.2) is 30.3 Å². The number of rotatable bonds is 6. The van der Waals surface area contributed by atoms with Crippen molar-refractivity contribution in [2.24, 2.45) is 5.92 Å². The molecule has 0 amide bonds. The molecule has 1 unspecified atom stereocenters. The van der Waals surface area contributed by atoms with Crippen molar-refractivity contribution in [1.29, 1.82) is 0 Å². The standard InChI is InChI=1S/C13H16O2.5CO.Cr/c14-13(12-4-2-1-3-5-12)8-9-15-10-11-6-7-11;5*1-2;/h1-5,11,13-14H,6-9H2;;;;;;. The van der Waals surface area contributed by atoms with Crippen molar-refractivity contribution in [3.8, 4) is 0 Å². The molecule has 0 saturated heterocycles. The summed E-state index contributed by atoms with van der Waals surface area (Å²) in [4.78, 5) is 0. The van der Waals surface area contributed by atoms with Gasteiger partial charge in [-0.3, -0.25) is 0 Å². The van der Waals surface area contributed by atoms with E-state index in [4.69, 9.17) is 28.0 Å². The van der Waals surface area contributed by atoms with Gasteiger partial charge in [-0.2, -0.15) is 0 Å². The van der Waals surface area contributed by atoms with Crippen molar-refractivity contribution in [2.45, 2.75) is 25.4 Å². The molecule has 1 N–H and O–H groups in total. The molecule has 26 heavy (non-hydrogen) atoms. The van der Waals surface area contributed by atoms with Crippen LogP contribution in [0.5, 0.6) is 0 Å². The van der Waals surface area contributed by atoms with Gasteiger partial charge in [0.15, 0.2) is 0 Å². The van der Waals surface area contributed by atoms with Gasteiger partial charge in [-0.15, -0.1) is 0 Å². The molecule has 1 atom stereocenters. The Labute approximate surface area is 160 Å². The summed E-state index contributed by atoms with van der Waals surface area (Å²) in [5.41, 5.74) is 0.958. The number of benzene rings is 1. The van der Waals surface area contributed by atoms with Gasteiger partial charge in [-0.1, -0.05) is 0 Å². The van der Waals surface area contributed by atoms with Crippen LogP contribution < -0.4 is 0 Å². The Morgan fingerprint density at radius 2 is 1.38 bits per heavy atom. The van der Waals surface area contributed by atoms with Crippen molar-refractivity contribution >= 4 is 4.57 Å². The molecule has 8 heteroatoms. The first-order valence-corrected chi connectivity index (χ1v) is 7.33. The Hall–Kier alpha value is -1.76. The Bertz CT molecular complexity index is 507. The molecule has 1 aliphatic carbocycles. The van der Waals surface area contributed by atoms with Crippen LogP contribution in [-0.4, -0.2) is 16.3 Å². The van der Waals surface area contributed by atoms with Gasteiger partial charge in [0.1, 0.15) is 0 Å². The SMILES string of the molecule is OC(CCO[C](=[Cr])C1CC1)c1ccccc1.[C-]#[O+].[C-]#[O+].[C-]#[O+].[C-]#[O+].[C-]#[O+]. The van der Waals surface area contributed by atoms with Gasteiger partial charge in [0, 0.05) is 0 Å². The van der Waals surface area contributed by atoms with Gasteiger partial charge in [-0.25, -0.2) is 0 Å². The van der Waals surface area contributed by atoms with E-state index in [9.17, 15) is 5.11 Å². The summed E-state index contributed by atoms with van der Waals surface area (Å²) >= 11 is 2.97. The maximum absolute atomic E-state index is 9.89. The predicted molar refractivity (Wildman–Crippen MR) is 79.3 cm³/mol. The van der Waals surface area contributed by atoms with E-state index >= 15 is 0 Å². The predicted octanol–water partition coefficient (Wildman–Crippen LogP) is 2.03. The van der Waals surface area contributed by atoms with Gasteiger partial charge >= 0.3 is 161 Å². The number of aliphatic hydroxyl groups is 1. The van der Waals surface area contributed by atoms with Crippen LogP contribution in [0.25, 0.3) is 0 Å². The van der Waals surface area contributed by atoms with E-state index in [-0.39, 0.29) is 0 Å². The molecular weight excluding hydrogens is 380 g/mol. The molecule has 0 radical (unpaired) electrons. The van der Waals surface area contributed by atoms with Crippen LogP contribution in [-0.2, 0) is 43.8 Å². The van der Waals surface area contributed by atoms with Gasteiger partial charge in [0.2, 0.25) is 0 Å². The average molecular weight is 396 g/mol. The van der Waals surface area contributed by atoms with Crippen LogP contribution in [0.1, 0.15) is 30.9 Å². The van der Waals surface area contributed by atoms with Gasteiger partial charge in [-0.05, 0) is 0 Å². The first-order chi connectivity index (χ1) is 12.8. The Morgan fingerprint density at radius 3 is 1.77 bits per heavy atom. The molecule has 0 spiro atoms. The monoisotopic (exact) mass is 396 g/mol. The van der Waals surface area contributed by atoms with Gasteiger partial charge < -0.3 is 0 Å². The first kappa shape index (κ1) is 32.0. The molecule has 136 valence electrons. The van der Waals surface area contributed by atoms with E-state index in [2.05, 4.69) is 49.1 Å². The van der Waals surface area contributed by atoms with Crippen LogP contribution in [0, 0.1) is 39.2 Å². The topological polar surface area (TPSA) is 129 Å². The van der Waals surface area contributed by atoms with Gasteiger partial charge in [0.25, 0.3) is 0 Å². The molecule has 2 rings (SSSR count). The third-order valence-electron chi connectivity index (χ3n) is 2.73. The summed E-state index contributed by atoms with van der Waals surface area (Å²) < 4.78 is 44.1. The third-order valence-corrected chi connectivity index (χ3v) is 3.44. The van der Waals surface area contributed by atoms with Crippen molar-refractivity contribution < 1.29 is 49.0 Å². The molecule has 0 bridgehead atoms. The molecule has 0 aliphatic heterocycles. The van der Waals surface area contributed by atoms with Crippen LogP contribution in [0.3, 0.4) is 0 Å². The molecule has 0 aromatic heterocycles. The van der Waals surface area contributed by atoms with Crippen LogP contribution in [0.2, 0.25) is 0 Å². The van der Waals surface area contributed by atoms with E-state index in [1.807, 2.05) is 30.3 Å². The quantitative estimate of drug-likeness (QED) is 0.583. The Kier molecular flexibility index (Phi) is 34.5. The number of hydrogen-bond acceptors (Lipinski definition) is 2. The van der Waals surface area contributed by atoms with Crippen LogP contribution in [0.4, 0.5) is 0 Å². The molecule has 1 aromatic carbocycles. The molecule has 1 saturated carbocycles. The summed E-state index contributed by atoms with van der Waals surface area (Å²) in [5, 5.41) is 9.89. The van der Waals surface area contributed by atoms with Gasteiger partial charge in [0.05, 0.1) is 0 Å². The first-order valence-electron chi connectivity index (χ1n) is 6.69. The van der Waals surface area contributed by atoms with E-state index in [1.165, 1.54) is 12.8 Å². The fourth-order valence-electron chi connectivity index (χ4n) is 1.55. The second-order valence-electron chi connectivity index (χ2n) is 4.16. The zero-order valence-electron chi connectivity index (χ0n) is 13.7. The average Bonchev–Trinajstić information content (AvgIpc) is 3.61. The number of aliphatic hydroxyl groups excluding tert-OH is 1. The molecule has 0 heterocycles. The normalized spacial score (nSPS) is 10.9. The zero-order valence-corrected chi connectivity index (χ0v) is 14.9. The van der Waals surface area contributed by atoms with E-state index < -0.39 is 6.10 Å². The summed E-state index contributed by atoms with van der Waals surface area (Å²) in [5.74, 6) is 0.633. The Balaban J connectivity index is -0.000000210. The molecule has 7 nitrogen and oxygen atoms in total. The minimum absolute atomic E-state index is 0.423. The van der Waals surface area contributed by atoms with Crippen molar-refractivity contribution in [3.05, 3.63) is 69.1 Å². The van der Waals surface area contributed by atoms with Crippen molar-refractivity contribution in [2.75, 3.05) is 6.61 Å². The fraction of sp³-hybridized carbons (Fsp3) is 0.333. The molecule has 1 aromatic rings.